The van der Waals surface area contributed by atoms with Gasteiger partial charge in [0.2, 0.25) is 0 Å². The third-order valence-electron chi connectivity index (χ3n) is 4.33. The molecule has 0 saturated heterocycles. The van der Waals surface area contributed by atoms with Gasteiger partial charge in [0.15, 0.2) is 0 Å². The summed E-state index contributed by atoms with van der Waals surface area (Å²) < 4.78 is 0. The fourth-order valence-corrected chi connectivity index (χ4v) is 2.56. The maximum absolute atomic E-state index is 4.44. The van der Waals surface area contributed by atoms with Gasteiger partial charge in [0.1, 0.15) is 0 Å². The van der Waals surface area contributed by atoms with Crippen LogP contribution in [0.4, 0.5) is 11.4 Å². The first-order valence-electron chi connectivity index (χ1n) is 8.02. The van der Waals surface area contributed by atoms with Crippen LogP contribution in [0.2, 0.25) is 0 Å². The molecule has 0 unspecified atom stereocenters. The van der Waals surface area contributed by atoms with Crippen molar-refractivity contribution in [2.45, 2.75) is 34.6 Å². The normalized spacial score (nSPS) is 13.8. The molecule has 0 radical (unpaired) electrons. The quantitative estimate of drug-likeness (QED) is 0.510. The van der Waals surface area contributed by atoms with Gasteiger partial charge in [0, 0.05) is 0 Å². The van der Waals surface area contributed by atoms with E-state index in [-0.39, 0.29) is 51.9 Å². The summed E-state index contributed by atoms with van der Waals surface area (Å²) in [4.78, 5) is 0. The second kappa shape index (κ2) is 12.4. The van der Waals surface area contributed by atoms with E-state index in [1.807, 2.05) is 60.7 Å². The SMILES string of the molecule is CC1=[C-]C(C)(C)C(C)=C1C.[Cl-].[Cl-].[Ti+4].c1ccc([N-]c2ccccc2)cc1. The van der Waals surface area contributed by atoms with E-state index in [0.717, 1.165) is 11.4 Å². The van der Waals surface area contributed by atoms with Crippen molar-refractivity contribution < 1.29 is 46.5 Å². The number of rotatable bonds is 2. The second-order valence-corrected chi connectivity index (χ2v) is 6.41. The Morgan fingerprint density at radius 1 is 0.731 bits per heavy atom. The number of para-hydroxylation sites is 2. The molecule has 0 aromatic heterocycles. The van der Waals surface area contributed by atoms with Crippen molar-refractivity contribution in [3.8, 4) is 0 Å². The van der Waals surface area contributed by atoms with Gasteiger partial charge in [-0.15, -0.1) is 18.3 Å². The van der Waals surface area contributed by atoms with Gasteiger partial charge in [-0.25, -0.2) is 5.57 Å². The number of hydrogen-bond acceptors (Lipinski definition) is 0. The topological polar surface area (TPSA) is 14.1 Å². The Bertz CT molecular complexity index is 670. The molecule has 1 nitrogen and oxygen atoms in total. The van der Waals surface area contributed by atoms with Crippen LogP contribution in [0.15, 0.2) is 77.4 Å². The third kappa shape index (κ3) is 7.72. The molecule has 0 heterocycles. The first-order valence-corrected chi connectivity index (χ1v) is 8.02. The second-order valence-electron chi connectivity index (χ2n) is 6.41. The Morgan fingerprint density at radius 2 is 1.12 bits per heavy atom. The van der Waals surface area contributed by atoms with Crippen LogP contribution in [0.25, 0.3) is 5.32 Å². The zero-order valence-electron chi connectivity index (χ0n) is 16.0. The van der Waals surface area contributed by atoms with E-state index in [0.29, 0.717) is 0 Å². The van der Waals surface area contributed by atoms with Gasteiger partial charge in [0.05, 0.1) is 0 Å². The van der Waals surface area contributed by atoms with E-state index in [1.54, 1.807) is 0 Å². The van der Waals surface area contributed by atoms with Crippen LogP contribution in [-0.4, -0.2) is 0 Å². The summed E-state index contributed by atoms with van der Waals surface area (Å²) >= 11 is 0. The van der Waals surface area contributed by atoms with Crippen LogP contribution in [0, 0.1) is 11.5 Å². The largest absolute Gasteiger partial charge is 4.00 e. The first-order chi connectivity index (χ1) is 10.9. The molecular formula is C22H25Cl2NTi. The summed E-state index contributed by atoms with van der Waals surface area (Å²) in [6.07, 6.45) is 3.44. The minimum Gasteiger partial charge on any atom is -1.00 e. The molecule has 4 heteroatoms. The van der Waals surface area contributed by atoms with Crippen LogP contribution in [0.5, 0.6) is 0 Å². The van der Waals surface area contributed by atoms with Gasteiger partial charge in [-0.1, -0.05) is 93.8 Å². The molecule has 0 spiro atoms. The van der Waals surface area contributed by atoms with Gasteiger partial charge in [-0.3, -0.25) is 6.08 Å². The van der Waals surface area contributed by atoms with Crippen molar-refractivity contribution in [2.24, 2.45) is 5.41 Å². The molecule has 136 valence electrons. The van der Waals surface area contributed by atoms with Crippen molar-refractivity contribution in [1.82, 2.24) is 0 Å². The zero-order chi connectivity index (χ0) is 16.9. The molecule has 0 amide bonds. The molecule has 26 heavy (non-hydrogen) atoms. The van der Waals surface area contributed by atoms with Gasteiger partial charge >= 0.3 is 21.7 Å². The van der Waals surface area contributed by atoms with E-state index in [1.165, 1.54) is 16.7 Å². The van der Waals surface area contributed by atoms with Crippen LogP contribution in [-0.2, 0) is 21.7 Å². The minimum absolute atomic E-state index is 0. The molecule has 0 aliphatic heterocycles. The molecular weight excluding hydrogens is 397 g/mol. The molecule has 1 aliphatic rings. The van der Waals surface area contributed by atoms with Crippen molar-refractivity contribution in [1.29, 1.82) is 0 Å². The first kappa shape index (κ1) is 27.2. The molecule has 1 aliphatic carbocycles. The molecule has 0 fully saturated rings. The van der Waals surface area contributed by atoms with Crippen LogP contribution in [0.1, 0.15) is 34.6 Å². The van der Waals surface area contributed by atoms with Crippen LogP contribution in [0.3, 0.4) is 0 Å². The summed E-state index contributed by atoms with van der Waals surface area (Å²) in [5.74, 6) is 0. The van der Waals surface area contributed by atoms with Crippen molar-refractivity contribution >= 4 is 11.4 Å². The van der Waals surface area contributed by atoms with E-state index in [9.17, 15) is 0 Å². The number of hydrogen-bond donors (Lipinski definition) is 0. The summed E-state index contributed by atoms with van der Waals surface area (Å²) in [6.45, 7) is 10.9. The maximum atomic E-state index is 4.44. The van der Waals surface area contributed by atoms with E-state index >= 15 is 0 Å². The minimum atomic E-state index is 0. The Balaban J connectivity index is 0. The Hall–Kier alpha value is -0.986. The summed E-state index contributed by atoms with van der Waals surface area (Å²) in [6, 6.07) is 19.9. The van der Waals surface area contributed by atoms with Crippen molar-refractivity contribution in [2.75, 3.05) is 0 Å². The van der Waals surface area contributed by atoms with Gasteiger partial charge < -0.3 is 30.1 Å². The number of allylic oxidation sites excluding steroid dienone is 4. The number of nitrogens with zero attached hydrogens (tertiary/aromatic N) is 1. The van der Waals surface area contributed by atoms with Gasteiger partial charge in [0.25, 0.3) is 0 Å². The van der Waals surface area contributed by atoms with Crippen molar-refractivity contribution in [3.05, 3.63) is 88.8 Å². The number of halogens is 2. The average molecular weight is 422 g/mol. The predicted molar refractivity (Wildman–Crippen MR) is 100 cm³/mol. The Morgan fingerprint density at radius 3 is 1.35 bits per heavy atom. The van der Waals surface area contributed by atoms with Gasteiger partial charge in [-0.05, 0) is 0 Å². The summed E-state index contributed by atoms with van der Waals surface area (Å²) in [5.41, 5.74) is 6.38. The molecule has 2 aromatic rings. The predicted octanol–water partition coefficient (Wildman–Crippen LogP) is 1.14. The molecule has 0 saturated carbocycles. The molecule has 0 N–H and O–H groups in total. The Kier molecular flexibility index (Phi) is 13.0. The van der Waals surface area contributed by atoms with Crippen LogP contribution >= 0.6 is 0 Å². The van der Waals surface area contributed by atoms with E-state index in [2.05, 4.69) is 46.0 Å². The molecule has 2 aromatic carbocycles. The monoisotopic (exact) mass is 421 g/mol. The fourth-order valence-electron chi connectivity index (χ4n) is 2.56. The van der Waals surface area contributed by atoms with Gasteiger partial charge in [-0.2, -0.15) is 11.1 Å². The smallest absolute Gasteiger partial charge is 1.00 e. The summed E-state index contributed by atoms with van der Waals surface area (Å²) in [7, 11) is 0. The molecule has 0 bridgehead atoms. The number of benzene rings is 2. The standard InChI is InChI=1S/C12H10N.C10H15.2ClH.Ti/c1-3-7-11(8-4-1)13-12-9-5-2-6-10-12;1-7-6-10(4,5)9(3)8(7)2;;;/h1-10H;1-5H3;2*1H;/q2*-1;;;+4/p-2. The molecule has 3 rings (SSSR count). The average Bonchev–Trinajstić information content (AvgIpc) is 2.72. The van der Waals surface area contributed by atoms with Crippen LogP contribution < -0.4 is 24.8 Å². The Labute approximate surface area is 186 Å². The summed E-state index contributed by atoms with van der Waals surface area (Å²) in [5, 5.41) is 4.44. The zero-order valence-corrected chi connectivity index (χ0v) is 19.1. The maximum Gasteiger partial charge on any atom is 4.00 e. The van der Waals surface area contributed by atoms with E-state index < -0.39 is 0 Å². The molecule has 0 atom stereocenters. The van der Waals surface area contributed by atoms with E-state index in [4.69, 9.17) is 0 Å². The third-order valence-corrected chi connectivity index (χ3v) is 4.33. The fraction of sp³-hybridized carbons (Fsp3) is 0.273. The van der Waals surface area contributed by atoms with Crippen molar-refractivity contribution in [3.63, 3.8) is 0 Å².